The molecule has 3 N–H and O–H groups in total. The molecule has 1 rings (SSSR count). The Balaban J connectivity index is 2.86. The number of anilines is 1. The Morgan fingerprint density at radius 2 is 1.78 bits per heavy atom. The van der Waals surface area contributed by atoms with Gasteiger partial charge in [-0.15, -0.1) is 0 Å². The summed E-state index contributed by atoms with van der Waals surface area (Å²) in [7, 11) is -7.11. The summed E-state index contributed by atoms with van der Waals surface area (Å²) in [4.78, 5) is 6.94. The van der Waals surface area contributed by atoms with Gasteiger partial charge < -0.3 is 5.73 Å². The molecule has 0 aromatic carbocycles. The van der Waals surface area contributed by atoms with E-state index in [1.54, 1.807) is 0 Å². The van der Waals surface area contributed by atoms with E-state index in [4.69, 9.17) is 5.73 Å². The van der Waals surface area contributed by atoms with Crippen molar-refractivity contribution < 1.29 is 16.8 Å². The van der Waals surface area contributed by atoms with Crippen molar-refractivity contribution in [1.82, 2.24) is 14.7 Å². The quantitative estimate of drug-likeness (QED) is 0.694. The van der Waals surface area contributed by atoms with Gasteiger partial charge in [0.2, 0.25) is 16.0 Å². The molecule has 1 unspecified atom stereocenters. The van der Waals surface area contributed by atoms with Gasteiger partial charge in [0.1, 0.15) is 14.7 Å². The second kappa shape index (κ2) is 5.16. The first-order valence-corrected chi connectivity index (χ1v) is 8.42. The number of hydrogen-bond donors (Lipinski definition) is 2. The molecular weight excluding hydrogens is 280 g/mol. The highest BCUT2D eigenvalue weighted by atomic mass is 32.2. The average Bonchev–Trinajstić information content (AvgIpc) is 2.13. The number of nitrogen functional groups attached to an aromatic ring is 1. The van der Waals surface area contributed by atoms with Crippen LogP contribution in [0.5, 0.6) is 0 Å². The maximum atomic E-state index is 11.8. The molecule has 0 aliphatic rings. The van der Waals surface area contributed by atoms with E-state index in [-0.39, 0.29) is 16.6 Å². The molecule has 0 spiro atoms. The van der Waals surface area contributed by atoms with E-state index in [9.17, 15) is 16.8 Å². The molecule has 18 heavy (non-hydrogen) atoms. The summed E-state index contributed by atoms with van der Waals surface area (Å²) in [5.74, 6) is -0.333. The van der Waals surface area contributed by atoms with Crippen molar-refractivity contribution >= 4 is 25.8 Å². The second-order valence-electron chi connectivity index (χ2n) is 3.89. The van der Waals surface area contributed by atoms with Crippen molar-refractivity contribution in [1.29, 1.82) is 0 Å². The van der Waals surface area contributed by atoms with Gasteiger partial charge >= 0.3 is 0 Å². The van der Waals surface area contributed by atoms with Crippen LogP contribution in [0.3, 0.4) is 0 Å². The fraction of sp³-hybridized carbons (Fsp3) is 0.500. The first kappa shape index (κ1) is 14.8. The molecular formula is C8H14N4O4S2. The first-order valence-electron chi connectivity index (χ1n) is 4.88. The number of rotatable bonds is 5. The van der Waals surface area contributed by atoms with Gasteiger partial charge in [0.15, 0.2) is 0 Å². The fourth-order valence-electron chi connectivity index (χ4n) is 1.29. The summed E-state index contributed by atoms with van der Waals surface area (Å²) in [5.41, 5.74) is 5.24. The monoisotopic (exact) mass is 294 g/mol. The summed E-state index contributed by atoms with van der Waals surface area (Å²) < 4.78 is 47.9. The molecule has 0 aliphatic heterocycles. The summed E-state index contributed by atoms with van der Waals surface area (Å²) in [6.45, 7) is 1.46. The topological polar surface area (TPSA) is 132 Å². The lowest BCUT2D eigenvalue weighted by molar-refractivity contribution is 0.564. The van der Waals surface area contributed by atoms with Crippen LogP contribution >= 0.6 is 0 Å². The minimum absolute atomic E-state index is 0.0434. The molecule has 0 aliphatic carbocycles. The molecule has 1 aromatic heterocycles. The smallest absolute Gasteiger partial charge is 0.243 e. The Hall–Kier alpha value is -1.26. The van der Waals surface area contributed by atoms with E-state index >= 15 is 0 Å². The highest BCUT2D eigenvalue weighted by Crippen LogP contribution is 2.07. The molecule has 0 amide bonds. The van der Waals surface area contributed by atoms with Gasteiger partial charge in [0, 0.05) is 12.3 Å². The third-order valence-electron chi connectivity index (χ3n) is 1.87. The van der Waals surface area contributed by atoms with Crippen LogP contribution in [0, 0.1) is 0 Å². The maximum Gasteiger partial charge on any atom is 0.243 e. The summed E-state index contributed by atoms with van der Waals surface area (Å²) in [6, 6.07) is -0.748. The number of hydrogen-bond acceptors (Lipinski definition) is 7. The molecule has 0 saturated carbocycles. The zero-order valence-electron chi connectivity index (χ0n) is 9.86. The Bertz CT molecular complexity index is 609. The van der Waals surface area contributed by atoms with Crippen LogP contribution in [0.1, 0.15) is 6.92 Å². The van der Waals surface area contributed by atoms with E-state index in [1.165, 1.54) is 6.92 Å². The minimum atomic E-state index is -3.84. The summed E-state index contributed by atoms with van der Waals surface area (Å²) in [6.07, 6.45) is 3.14. The molecule has 8 nitrogen and oxygen atoms in total. The number of nitrogens with zero attached hydrogens (tertiary/aromatic N) is 2. The molecule has 0 radical (unpaired) electrons. The van der Waals surface area contributed by atoms with Gasteiger partial charge in [-0.05, 0) is 6.92 Å². The number of sulfone groups is 1. The molecule has 102 valence electrons. The molecule has 1 heterocycles. The SMILES string of the molecule is CC(CS(C)(=O)=O)NS(=O)(=O)c1cnc(N)nc1. The predicted molar refractivity (Wildman–Crippen MR) is 65.9 cm³/mol. The van der Waals surface area contributed by atoms with Crippen molar-refractivity contribution in [2.75, 3.05) is 17.7 Å². The molecule has 1 aromatic rings. The standard InChI is InChI=1S/C8H14N4O4S2/c1-6(5-17(2,13)14)12-18(15,16)7-3-10-8(9)11-4-7/h3-4,6,12H,5H2,1-2H3,(H2,9,10,11). The average molecular weight is 294 g/mol. The van der Waals surface area contributed by atoms with Crippen LogP contribution in [0.4, 0.5) is 5.95 Å². The van der Waals surface area contributed by atoms with Gasteiger partial charge in [0.05, 0.1) is 18.1 Å². The zero-order valence-corrected chi connectivity index (χ0v) is 11.5. The highest BCUT2D eigenvalue weighted by molar-refractivity contribution is 7.91. The van der Waals surface area contributed by atoms with E-state index in [1.807, 2.05) is 0 Å². The second-order valence-corrected chi connectivity index (χ2v) is 7.79. The number of nitrogens with two attached hydrogens (primary N) is 1. The lowest BCUT2D eigenvalue weighted by Gasteiger charge is -2.12. The molecule has 1 atom stereocenters. The normalized spacial score (nSPS) is 14.3. The Morgan fingerprint density at radius 1 is 1.28 bits per heavy atom. The Labute approximate surface area is 106 Å². The van der Waals surface area contributed by atoms with Gasteiger partial charge in [-0.2, -0.15) is 0 Å². The molecule has 10 heteroatoms. The van der Waals surface area contributed by atoms with Crippen molar-refractivity contribution in [3.8, 4) is 0 Å². The van der Waals surface area contributed by atoms with Gasteiger partial charge in [0.25, 0.3) is 0 Å². The van der Waals surface area contributed by atoms with Crippen LogP contribution in [0.15, 0.2) is 17.3 Å². The Kier molecular flexibility index (Phi) is 4.24. The van der Waals surface area contributed by atoms with Crippen molar-refractivity contribution in [3.63, 3.8) is 0 Å². The lowest BCUT2D eigenvalue weighted by Crippen LogP contribution is -2.37. The number of sulfonamides is 1. The molecule has 0 bridgehead atoms. The van der Waals surface area contributed by atoms with Crippen molar-refractivity contribution in [3.05, 3.63) is 12.4 Å². The van der Waals surface area contributed by atoms with E-state index < -0.39 is 25.9 Å². The van der Waals surface area contributed by atoms with Gasteiger partial charge in [-0.3, -0.25) is 0 Å². The lowest BCUT2D eigenvalue weighted by atomic mass is 10.4. The van der Waals surface area contributed by atoms with Crippen molar-refractivity contribution in [2.24, 2.45) is 0 Å². The van der Waals surface area contributed by atoms with Crippen LogP contribution in [-0.4, -0.2) is 44.9 Å². The van der Waals surface area contributed by atoms with Crippen LogP contribution in [0.2, 0.25) is 0 Å². The Morgan fingerprint density at radius 3 is 2.22 bits per heavy atom. The first-order chi connectivity index (χ1) is 8.10. The molecule has 0 fully saturated rings. The van der Waals surface area contributed by atoms with E-state index in [2.05, 4.69) is 14.7 Å². The maximum absolute atomic E-state index is 11.8. The van der Waals surface area contributed by atoms with Crippen molar-refractivity contribution in [2.45, 2.75) is 17.9 Å². The fourth-order valence-corrected chi connectivity index (χ4v) is 3.52. The third kappa shape index (κ3) is 4.55. The van der Waals surface area contributed by atoms with E-state index in [0.717, 1.165) is 18.6 Å². The largest absolute Gasteiger partial charge is 0.368 e. The number of nitrogens with one attached hydrogen (secondary N) is 1. The number of aromatic nitrogens is 2. The molecule has 0 saturated heterocycles. The predicted octanol–water partition coefficient (Wildman–Crippen LogP) is -1.23. The van der Waals surface area contributed by atoms with E-state index in [0.29, 0.717) is 0 Å². The van der Waals surface area contributed by atoms with Crippen LogP contribution in [-0.2, 0) is 19.9 Å². The highest BCUT2D eigenvalue weighted by Gasteiger charge is 2.20. The van der Waals surface area contributed by atoms with Gasteiger partial charge in [-0.1, -0.05) is 0 Å². The van der Waals surface area contributed by atoms with Crippen LogP contribution in [0.25, 0.3) is 0 Å². The minimum Gasteiger partial charge on any atom is -0.368 e. The third-order valence-corrected chi connectivity index (χ3v) is 4.52. The summed E-state index contributed by atoms with van der Waals surface area (Å²) >= 11 is 0. The van der Waals surface area contributed by atoms with Crippen LogP contribution < -0.4 is 10.5 Å². The summed E-state index contributed by atoms with van der Waals surface area (Å²) in [5, 5.41) is 0. The zero-order chi connectivity index (χ0) is 14.0. The van der Waals surface area contributed by atoms with Gasteiger partial charge in [-0.25, -0.2) is 31.5 Å².